The number of carbonyl (C=O) groups excluding carboxylic acids is 1. The van der Waals surface area contributed by atoms with Gasteiger partial charge in [-0.15, -0.1) is 0 Å². The van der Waals surface area contributed by atoms with Crippen molar-refractivity contribution in [3.63, 3.8) is 0 Å². The predicted octanol–water partition coefficient (Wildman–Crippen LogP) is 3.84. The molecule has 3 aromatic rings. The summed E-state index contributed by atoms with van der Waals surface area (Å²) >= 11 is 0. The third-order valence-corrected chi connectivity index (χ3v) is 5.45. The van der Waals surface area contributed by atoms with Gasteiger partial charge in [0.15, 0.2) is 0 Å². The Hall–Kier alpha value is -3.31. The highest BCUT2D eigenvalue weighted by molar-refractivity contribution is 5.78. The number of phenols is 1. The first-order chi connectivity index (χ1) is 13.5. The molecule has 28 heavy (non-hydrogen) atoms. The first-order valence-electron chi connectivity index (χ1n) is 9.17. The fourth-order valence-electron chi connectivity index (χ4n) is 4.10. The van der Waals surface area contributed by atoms with Crippen molar-refractivity contribution in [3.8, 4) is 16.9 Å². The fraction of sp³-hybridized carbons (Fsp3) is 0.174. The largest absolute Gasteiger partial charge is 0.508 e. The summed E-state index contributed by atoms with van der Waals surface area (Å²) in [5.74, 6) is 0.209. The van der Waals surface area contributed by atoms with Gasteiger partial charge in [-0.05, 0) is 46.4 Å². The van der Waals surface area contributed by atoms with E-state index >= 15 is 0 Å². The molecule has 1 atom stereocenters. The van der Waals surface area contributed by atoms with Crippen LogP contribution in [0.3, 0.4) is 0 Å². The molecule has 4 rings (SSSR count). The average molecular weight is 374 g/mol. The average Bonchev–Trinajstić information content (AvgIpc) is 3.01. The lowest BCUT2D eigenvalue weighted by molar-refractivity contribution is 0.119. The van der Waals surface area contributed by atoms with Crippen LogP contribution in [-0.2, 0) is 10.3 Å². The number of primary amides is 1. The van der Waals surface area contributed by atoms with Gasteiger partial charge in [-0.25, -0.2) is 4.79 Å². The van der Waals surface area contributed by atoms with Gasteiger partial charge in [-0.1, -0.05) is 60.7 Å². The zero-order chi connectivity index (χ0) is 19.7. The second-order valence-electron chi connectivity index (χ2n) is 7.24. The molecular formula is C23H22N2O3. The van der Waals surface area contributed by atoms with E-state index < -0.39 is 11.6 Å². The molecule has 1 aliphatic rings. The number of nitrogens with two attached hydrogens (primary N) is 2. The maximum atomic E-state index is 11.3. The van der Waals surface area contributed by atoms with Gasteiger partial charge in [0.05, 0.1) is 5.54 Å². The van der Waals surface area contributed by atoms with Crippen LogP contribution in [0.4, 0.5) is 4.79 Å². The van der Waals surface area contributed by atoms with Gasteiger partial charge in [-0.2, -0.15) is 0 Å². The second-order valence-corrected chi connectivity index (χ2v) is 7.24. The molecule has 0 radical (unpaired) electrons. The van der Waals surface area contributed by atoms with Crippen molar-refractivity contribution < 1.29 is 14.6 Å². The van der Waals surface area contributed by atoms with Crippen molar-refractivity contribution in [1.82, 2.24) is 0 Å². The number of carbonyl (C=O) groups is 1. The zero-order valence-corrected chi connectivity index (χ0v) is 15.3. The number of amides is 1. The van der Waals surface area contributed by atoms with Crippen LogP contribution in [0.15, 0.2) is 72.8 Å². The smallest absolute Gasteiger partial charge is 0.404 e. The third-order valence-electron chi connectivity index (χ3n) is 5.45. The molecule has 142 valence electrons. The molecule has 0 saturated heterocycles. The van der Waals surface area contributed by atoms with Crippen molar-refractivity contribution in [3.05, 3.63) is 89.5 Å². The SMILES string of the molecule is NC(=O)OCC(N)(CC1c2ccccc2-c2ccccc21)c1ccc(O)cc1. The van der Waals surface area contributed by atoms with Crippen molar-refractivity contribution >= 4 is 6.09 Å². The van der Waals surface area contributed by atoms with E-state index in [4.69, 9.17) is 16.2 Å². The molecule has 0 fully saturated rings. The molecule has 3 aromatic carbocycles. The highest BCUT2D eigenvalue weighted by atomic mass is 16.5. The van der Waals surface area contributed by atoms with Crippen molar-refractivity contribution in [2.24, 2.45) is 11.5 Å². The van der Waals surface area contributed by atoms with Gasteiger partial charge in [0.1, 0.15) is 12.4 Å². The highest BCUT2D eigenvalue weighted by Crippen LogP contribution is 2.48. The van der Waals surface area contributed by atoms with Crippen LogP contribution in [0.5, 0.6) is 5.75 Å². The molecular weight excluding hydrogens is 352 g/mol. The monoisotopic (exact) mass is 374 g/mol. The number of fused-ring (bicyclic) bond motifs is 3. The van der Waals surface area contributed by atoms with E-state index in [1.165, 1.54) is 22.3 Å². The predicted molar refractivity (Wildman–Crippen MR) is 108 cm³/mol. The van der Waals surface area contributed by atoms with Crippen molar-refractivity contribution in [2.45, 2.75) is 17.9 Å². The van der Waals surface area contributed by atoms with Gasteiger partial charge in [0.25, 0.3) is 0 Å². The first kappa shape index (κ1) is 18.1. The minimum absolute atomic E-state index is 0.0477. The van der Waals surface area contributed by atoms with Crippen molar-refractivity contribution in [1.29, 1.82) is 0 Å². The Bertz CT molecular complexity index is 971. The molecule has 1 unspecified atom stereocenters. The maximum Gasteiger partial charge on any atom is 0.404 e. The summed E-state index contributed by atoms with van der Waals surface area (Å²) in [5.41, 5.74) is 16.6. The lowest BCUT2D eigenvalue weighted by atomic mass is 9.79. The Balaban J connectivity index is 1.76. The van der Waals surface area contributed by atoms with E-state index in [0.717, 1.165) is 5.56 Å². The van der Waals surface area contributed by atoms with E-state index in [-0.39, 0.29) is 18.3 Å². The Morgan fingerprint density at radius 3 is 2.00 bits per heavy atom. The van der Waals surface area contributed by atoms with Gasteiger partial charge < -0.3 is 21.3 Å². The van der Waals surface area contributed by atoms with Crippen LogP contribution in [0, 0.1) is 0 Å². The van der Waals surface area contributed by atoms with E-state index in [1.54, 1.807) is 24.3 Å². The molecule has 0 aliphatic heterocycles. The van der Waals surface area contributed by atoms with Crippen LogP contribution in [0.1, 0.15) is 29.0 Å². The quantitative estimate of drug-likeness (QED) is 0.632. The highest BCUT2D eigenvalue weighted by Gasteiger charge is 2.37. The summed E-state index contributed by atoms with van der Waals surface area (Å²) in [6.07, 6.45) is -0.333. The van der Waals surface area contributed by atoms with E-state index in [1.807, 2.05) is 24.3 Å². The molecule has 0 saturated carbocycles. The lowest BCUT2D eigenvalue weighted by Crippen LogP contribution is -2.44. The van der Waals surface area contributed by atoms with E-state index in [9.17, 15) is 9.90 Å². The van der Waals surface area contributed by atoms with Gasteiger partial charge >= 0.3 is 6.09 Å². The molecule has 1 aliphatic carbocycles. The first-order valence-corrected chi connectivity index (χ1v) is 9.17. The third kappa shape index (κ3) is 3.21. The molecule has 0 spiro atoms. The van der Waals surface area contributed by atoms with Gasteiger partial charge in [0, 0.05) is 5.92 Å². The second kappa shape index (κ2) is 7.02. The van der Waals surface area contributed by atoms with Crippen LogP contribution < -0.4 is 11.5 Å². The Morgan fingerprint density at radius 2 is 1.46 bits per heavy atom. The minimum atomic E-state index is -0.960. The lowest BCUT2D eigenvalue weighted by Gasteiger charge is -2.32. The number of phenolic OH excluding ortho intramolecular Hbond substituents is 1. The van der Waals surface area contributed by atoms with Crippen LogP contribution in [0.2, 0.25) is 0 Å². The molecule has 0 bridgehead atoms. The van der Waals surface area contributed by atoms with E-state index in [0.29, 0.717) is 6.42 Å². The molecule has 0 heterocycles. The van der Waals surface area contributed by atoms with Gasteiger partial charge in [-0.3, -0.25) is 0 Å². The summed E-state index contributed by atoms with van der Waals surface area (Å²) in [6, 6.07) is 23.3. The Kier molecular flexibility index (Phi) is 4.53. The van der Waals surface area contributed by atoms with Crippen molar-refractivity contribution in [2.75, 3.05) is 6.61 Å². The number of hydrogen-bond acceptors (Lipinski definition) is 4. The van der Waals surface area contributed by atoms with Crippen LogP contribution in [0.25, 0.3) is 11.1 Å². The maximum absolute atomic E-state index is 11.3. The molecule has 5 heteroatoms. The summed E-state index contributed by atoms with van der Waals surface area (Å²) < 4.78 is 5.13. The number of ether oxygens (including phenoxy) is 1. The van der Waals surface area contributed by atoms with Gasteiger partial charge in [0.2, 0.25) is 0 Å². The zero-order valence-electron chi connectivity index (χ0n) is 15.3. The Labute approximate surface area is 163 Å². The van der Waals surface area contributed by atoms with Crippen LogP contribution in [-0.4, -0.2) is 17.8 Å². The molecule has 5 N–H and O–H groups in total. The minimum Gasteiger partial charge on any atom is -0.508 e. The number of hydrogen-bond donors (Lipinski definition) is 3. The number of benzene rings is 3. The number of rotatable bonds is 5. The normalized spacial score (nSPS) is 14.8. The summed E-state index contributed by atoms with van der Waals surface area (Å²) in [6.45, 7) is -0.0477. The molecule has 1 amide bonds. The standard InChI is InChI=1S/C23H22N2O3/c24-22(27)28-14-23(25,15-9-11-16(26)12-10-15)13-21-19-7-3-1-5-17(19)18-6-2-4-8-20(18)21/h1-12,21,26H,13-14,25H2,(H2,24,27). The van der Waals surface area contributed by atoms with Crippen LogP contribution >= 0.6 is 0 Å². The fourth-order valence-corrected chi connectivity index (χ4v) is 4.10. The topological polar surface area (TPSA) is 98.6 Å². The summed E-state index contributed by atoms with van der Waals surface area (Å²) in [7, 11) is 0. The molecule has 0 aromatic heterocycles. The van der Waals surface area contributed by atoms with E-state index in [2.05, 4.69) is 24.3 Å². The summed E-state index contributed by atoms with van der Waals surface area (Å²) in [4.78, 5) is 11.3. The summed E-state index contributed by atoms with van der Waals surface area (Å²) in [5, 5.41) is 9.64. The number of aromatic hydroxyl groups is 1. The molecule has 5 nitrogen and oxygen atoms in total. The Morgan fingerprint density at radius 1 is 0.929 bits per heavy atom.